The van der Waals surface area contributed by atoms with E-state index >= 15 is 0 Å². The Morgan fingerprint density at radius 3 is 2.43 bits per heavy atom. The summed E-state index contributed by atoms with van der Waals surface area (Å²) in [5.41, 5.74) is -0.590. The van der Waals surface area contributed by atoms with Gasteiger partial charge >= 0.3 is 0 Å². The van der Waals surface area contributed by atoms with Gasteiger partial charge in [0, 0.05) is 20.2 Å². The van der Waals surface area contributed by atoms with Crippen molar-refractivity contribution < 1.29 is 13.2 Å². The molecule has 0 saturated carbocycles. The Morgan fingerprint density at radius 1 is 1.29 bits per heavy atom. The van der Waals surface area contributed by atoms with Crippen molar-refractivity contribution in [3.05, 3.63) is 0 Å². The molecule has 21 heavy (non-hydrogen) atoms. The normalized spacial score (nSPS) is 19.0. The fraction of sp³-hybridized carbons (Fsp3) is 1.00. The molecule has 1 heterocycles. The van der Waals surface area contributed by atoms with Crippen LogP contribution in [0.4, 0.5) is 0 Å². The molecule has 0 unspecified atom stereocenters. The van der Waals surface area contributed by atoms with Gasteiger partial charge in [0.05, 0.1) is 12.1 Å². The first kappa shape index (κ1) is 18.8. The Hall–Kier alpha value is -0.210. The summed E-state index contributed by atoms with van der Waals surface area (Å²) in [6.45, 7) is 9.37. The first-order valence-corrected chi connectivity index (χ1v) is 9.23. The van der Waals surface area contributed by atoms with Crippen LogP contribution < -0.4 is 10.0 Å². The molecular weight excluding hydrogens is 290 g/mol. The second kappa shape index (κ2) is 8.43. The summed E-state index contributed by atoms with van der Waals surface area (Å²) in [6.07, 6.45) is 2.97. The topological polar surface area (TPSA) is 70.7 Å². The van der Waals surface area contributed by atoms with Crippen LogP contribution in [-0.2, 0) is 14.9 Å². The Bertz CT molecular complexity index is 390. The van der Waals surface area contributed by atoms with Gasteiger partial charge in [-0.15, -0.1) is 0 Å². The van der Waals surface area contributed by atoms with Gasteiger partial charge in [-0.05, 0) is 52.1 Å². The van der Waals surface area contributed by atoms with Crippen LogP contribution in [0.25, 0.3) is 0 Å². The molecule has 1 aliphatic rings. The Morgan fingerprint density at radius 2 is 1.90 bits per heavy atom. The second-order valence-corrected chi connectivity index (χ2v) is 8.14. The molecule has 1 rings (SSSR count). The minimum absolute atomic E-state index is 0.351. The molecule has 0 amide bonds. The van der Waals surface area contributed by atoms with Crippen LogP contribution in [-0.4, -0.2) is 58.2 Å². The van der Waals surface area contributed by atoms with Crippen molar-refractivity contribution in [1.82, 2.24) is 14.3 Å². The van der Waals surface area contributed by atoms with Crippen molar-refractivity contribution in [2.24, 2.45) is 5.92 Å². The minimum Gasteiger partial charge on any atom is -0.383 e. The highest BCUT2D eigenvalue weighted by molar-refractivity contribution is 7.87. The molecule has 0 aromatic carbocycles. The van der Waals surface area contributed by atoms with Crippen molar-refractivity contribution in [2.45, 2.75) is 45.6 Å². The van der Waals surface area contributed by atoms with Gasteiger partial charge in [0.1, 0.15) is 0 Å². The zero-order chi connectivity index (χ0) is 15.9. The van der Waals surface area contributed by atoms with Gasteiger partial charge in [0.2, 0.25) is 0 Å². The molecule has 0 aromatic heterocycles. The number of rotatable bonds is 9. The standard InChI is InChI=1S/C14H31N3O3S/c1-5-8-15-11-13-6-9-17(10-7-13)21(18,19)16-14(2,3)12-20-4/h13,15-16H,5-12H2,1-4H3. The van der Waals surface area contributed by atoms with Gasteiger partial charge in [-0.25, -0.2) is 0 Å². The number of methoxy groups -OCH3 is 1. The van der Waals surface area contributed by atoms with E-state index < -0.39 is 15.7 Å². The molecule has 0 aliphatic carbocycles. The van der Waals surface area contributed by atoms with Crippen LogP contribution in [0.5, 0.6) is 0 Å². The zero-order valence-corrected chi connectivity index (χ0v) is 14.6. The first-order chi connectivity index (χ1) is 9.80. The van der Waals surface area contributed by atoms with Crippen molar-refractivity contribution >= 4 is 10.2 Å². The maximum absolute atomic E-state index is 12.4. The van der Waals surface area contributed by atoms with E-state index in [0.717, 1.165) is 32.4 Å². The Balaban J connectivity index is 2.45. The molecule has 7 heteroatoms. The molecule has 1 fully saturated rings. The van der Waals surface area contributed by atoms with Crippen LogP contribution in [0.1, 0.15) is 40.0 Å². The summed E-state index contributed by atoms with van der Waals surface area (Å²) in [5.74, 6) is 0.579. The summed E-state index contributed by atoms with van der Waals surface area (Å²) in [4.78, 5) is 0. The van der Waals surface area contributed by atoms with Gasteiger partial charge < -0.3 is 10.1 Å². The molecular formula is C14H31N3O3S. The van der Waals surface area contributed by atoms with E-state index in [2.05, 4.69) is 17.0 Å². The van der Waals surface area contributed by atoms with Gasteiger partial charge in [-0.2, -0.15) is 17.4 Å². The third kappa shape index (κ3) is 6.61. The molecule has 126 valence electrons. The molecule has 0 radical (unpaired) electrons. The minimum atomic E-state index is -3.43. The first-order valence-electron chi connectivity index (χ1n) is 7.79. The Kier molecular flexibility index (Phi) is 7.56. The highest BCUT2D eigenvalue weighted by atomic mass is 32.2. The van der Waals surface area contributed by atoms with E-state index in [-0.39, 0.29) is 0 Å². The van der Waals surface area contributed by atoms with E-state index in [0.29, 0.717) is 25.6 Å². The quantitative estimate of drug-likeness (QED) is 0.621. The van der Waals surface area contributed by atoms with Crippen LogP contribution in [0, 0.1) is 5.92 Å². The van der Waals surface area contributed by atoms with E-state index in [1.54, 1.807) is 11.4 Å². The number of hydrogen-bond acceptors (Lipinski definition) is 4. The highest BCUT2D eigenvalue weighted by Crippen LogP contribution is 2.19. The van der Waals surface area contributed by atoms with E-state index in [4.69, 9.17) is 4.74 Å². The lowest BCUT2D eigenvalue weighted by molar-refractivity contribution is 0.139. The van der Waals surface area contributed by atoms with Gasteiger partial charge in [0.25, 0.3) is 10.2 Å². The van der Waals surface area contributed by atoms with Gasteiger partial charge in [-0.1, -0.05) is 6.92 Å². The van der Waals surface area contributed by atoms with Crippen LogP contribution in [0.3, 0.4) is 0 Å². The third-order valence-corrected chi connectivity index (χ3v) is 5.54. The van der Waals surface area contributed by atoms with E-state index in [1.165, 1.54) is 0 Å². The van der Waals surface area contributed by atoms with Crippen molar-refractivity contribution in [2.75, 3.05) is 39.9 Å². The van der Waals surface area contributed by atoms with E-state index in [1.807, 2.05) is 13.8 Å². The summed E-state index contributed by atoms with van der Waals surface area (Å²) in [6, 6.07) is 0. The lowest BCUT2D eigenvalue weighted by atomic mass is 9.98. The predicted octanol–water partition coefficient (Wildman–Crippen LogP) is 0.957. The zero-order valence-electron chi connectivity index (χ0n) is 13.8. The number of ether oxygens (including phenoxy) is 1. The lowest BCUT2D eigenvalue weighted by Crippen LogP contribution is -2.54. The molecule has 0 bridgehead atoms. The summed E-state index contributed by atoms with van der Waals surface area (Å²) < 4.78 is 34.1. The van der Waals surface area contributed by atoms with Gasteiger partial charge in [0.15, 0.2) is 0 Å². The maximum atomic E-state index is 12.4. The molecule has 1 saturated heterocycles. The molecule has 6 nitrogen and oxygen atoms in total. The second-order valence-electron chi connectivity index (χ2n) is 6.47. The van der Waals surface area contributed by atoms with E-state index in [9.17, 15) is 8.42 Å². The molecule has 2 N–H and O–H groups in total. The summed E-state index contributed by atoms with van der Waals surface area (Å²) >= 11 is 0. The predicted molar refractivity (Wildman–Crippen MR) is 85.5 cm³/mol. The number of piperidine rings is 1. The van der Waals surface area contributed by atoms with Crippen molar-refractivity contribution in [3.63, 3.8) is 0 Å². The molecule has 1 aliphatic heterocycles. The van der Waals surface area contributed by atoms with Crippen LogP contribution in [0.15, 0.2) is 0 Å². The molecule has 0 atom stereocenters. The fourth-order valence-electron chi connectivity index (χ4n) is 2.64. The third-order valence-electron chi connectivity index (χ3n) is 3.68. The largest absolute Gasteiger partial charge is 0.383 e. The fourth-order valence-corrected chi connectivity index (χ4v) is 4.22. The van der Waals surface area contributed by atoms with Crippen molar-refractivity contribution in [3.8, 4) is 0 Å². The lowest BCUT2D eigenvalue weighted by Gasteiger charge is -2.34. The number of nitrogens with zero attached hydrogens (tertiary/aromatic N) is 1. The number of nitrogens with one attached hydrogen (secondary N) is 2. The number of hydrogen-bond donors (Lipinski definition) is 2. The smallest absolute Gasteiger partial charge is 0.280 e. The van der Waals surface area contributed by atoms with Crippen molar-refractivity contribution in [1.29, 1.82) is 0 Å². The summed E-state index contributed by atoms with van der Waals surface area (Å²) in [5, 5.41) is 3.41. The SMILES string of the molecule is CCCNCC1CCN(S(=O)(=O)NC(C)(C)COC)CC1. The average Bonchev–Trinajstić information content (AvgIpc) is 2.38. The highest BCUT2D eigenvalue weighted by Gasteiger charge is 2.32. The molecule has 0 aromatic rings. The molecule has 0 spiro atoms. The Labute approximate surface area is 129 Å². The average molecular weight is 321 g/mol. The monoisotopic (exact) mass is 321 g/mol. The summed E-state index contributed by atoms with van der Waals surface area (Å²) in [7, 11) is -1.85. The van der Waals surface area contributed by atoms with Gasteiger partial charge in [-0.3, -0.25) is 0 Å². The van der Waals surface area contributed by atoms with Crippen LogP contribution >= 0.6 is 0 Å². The maximum Gasteiger partial charge on any atom is 0.280 e. The van der Waals surface area contributed by atoms with Crippen LogP contribution in [0.2, 0.25) is 0 Å².